The van der Waals surface area contributed by atoms with Crippen LogP contribution in [0.25, 0.3) is 0 Å². The third-order valence-corrected chi connectivity index (χ3v) is 3.68. The van der Waals surface area contributed by atoms with Gasteiger partial charge < -0.3 is 25.7 Å². The number of methoxy groups -OCH3 is 2. The number of ether oxygens (including phenoxy) is 3. The van der Waals surface area contributed by atoms with Crippen molar-refractivity contribution >= 4 is 40.5 Å². The number of carbonyl (C=O) groups is 1. The van der Waals surface area contributed by atoms with E-state index in [2.05, 4.69) is 0 Å². The van der Waals surface area contributed by atoms with Gasteiger partial charge in [-0.15, -0.1) is 0 Å². The van der Waals surface area contributed by atoms with Crippen molar-refractivity contribution in [2.75, 3.05) is 25.7 Å². The first-order chi connectivity index (χ1) is 10.9. The van der Waals surface area contributed by atoms with Gasteiger partial charge in [-0.1, -0.05) is 23.2 Å². The normalized spacial score (nSPS) is 10.3. The van der Waals surface area contributed by atoms with Crippen LogP contribution < -0.4 is 25.7 Å². The van der Waals surface area contributed by atoms with Gasteiger partial charge in [0.2, 0.25) is 0 Å². The van der Waals surface area contributed by atoms with Crippen molar-refractivity contribution in [2.45, 2.75) is 0 Å². The number of anilines is 2. The zero-order chi connectivity index (χ0) is 17.1. The van der Waals surface area contributed by atoms with Gasteiger partial charge in [0, 0.05) is 18.2 Å². The molecule has 0 bridgehead atoms. The minimum atomic E-state index is -0.706. The van der Waals surface area contributed by atoms with Crippen LogP contribution >= 0.6 is 23.2 Å². The lowest BCUT2D eigenvalue weighted by molar-refractivity contribution is 0.0726. The second-order valence-electron chi connectivity index (χ2n) is 4.49. The highest BCUT2D eigenvalue weighted by Crippen LogP contribution is 2.36. The molecule has 0 aliphatic rings. The summed E-state index contributed by atoms with van der Waals surface area (Å²) in [6, 6.07) is 5.65. The summed E-state index contributed by atoms with van der Waals surface area (Å²) in [6.45, 7) is 0. The summed E-state index contributed by atoms with van der Waals surface area (Å²) in [6.07, 6.45) is 0. The summed E-state index contributed by atoms with van der Waals surface area (Å²) in [5.74, 6) is -0.0900. The van der Waals surface area contributed by atoms with Crippen LogP contribution in [0.1, 0.15) is 10.4 Å². The van der Waals surface area contributed by atoms with Crippen molar-refractivity contribution in [3.05, 3.63) is 39.9 Å². The highest BCUT2D eigenvalue weighted by atomic mass is 35.5. The average Bonchev–Trinajstić information content (AvgIpc) is 2.52. The number of benzene rings is 2. The fourth-order valence-electron chi connectivity index (χ4n) is 1.84. The van der Waals surface area contributed by atoms with Gasteiger partial charge in [-0.05, 0) is 6.07 Å². The molecule has 0 spiro atoms. The van der Waals surface area contributed by atoms with Crippen LogP contribution in [0.2, 0.25) is 10.0 Å². The van der Waals surface area contributed by atoms with Crippen molar-refractivity contribution in [1.82, 2.24) is 0 Å². The van der Waals surface area contributed by atoms with Crippen LogP contribution in [0.5, 0.6) is 17.2 Å². The Balaban J connectivity index is 2.40. The summed E-state index contributed by atoms with van der Waals surface area (Å²) < 4.78 is 15.6. The number of carbonyl (C=O) groups excluding carboxylic acids is 1. The minimum Gasteiger partial charge on any atom is -0.496 e. The topological polar surface area (TPSA) is 96.8 Å². The number of halogens is 2. The van der Waals surface area contributed by atoms with Crippen LogP contribution in [0, 0.1) is 0 Å². The first-order valence-electron chi connectivity index (χ1n) is 6.35. The van der Waals surface area contributed by atoms with E-state index in [0.29, 0.717) is 5.69 Å². The van der Waals surface area contributed by atoms with Crippen LogP contribution in [-0.4, -0.2) is 20.2 Å². The molecule has 0 atom stereocenters. The van der Waals surface area contributed by atoms with Gasteiger partial charge in [0.1, 0.15) is 11.3 Å². The number of nitrogens with two attached hydrogens (primary N) is 2. The predicted molar refractivity (Wildman–Crippen MR) is 89.8 cm³/mol. The first kappa shape index (κ1) is 17.1. The van der Waals surface area contributed by atoms with E-state index >= 15 is 0 Å². The van der Waals surface area contributed by atoms with E-state index < -0.39 is 5.97 Å². The zero-order valence-electron chi connectivity index (χ0n) is 12.4. The van der Waals surface area contributed by atoms with Crippen molar-refractivity contribution < 1.29 is 19.0 Å². The Morgan fingerprint density at radius 3 is 1.96 bits per heavy atom. The van der Waals surface area contributed by atoms with E-state index in [1.54, 1.807) is 0 Å². The van der Waals surface area contributed by atoms with E-state index in [-0.39, 0.29) is 38.5 Å². The lowest BCUT2D eigenvalue weighted by Crippen LogP contribution is -2.11. The summed E-state index contributed by atoms with van der Waals surface area (Å²) >= 11 is 11.9. The van der Waals surface area contributed by atoms with E-state index in [1.807, 2.05) is 0 Å². The minimum absolute atomic E-state index is 0.113. The Labute approximate surface area is 142 Å². The zero-order valence-corrected chi connectivity index (χ0v) is 13.9. The molecule has 6 nitrogen and oxygen atoms in total. The molecule has 0 heterocycles. The van der Waals surface area contributed by atoms with Crippen LogP contribution in [-0.2, 0) is 0 Å². The Morgan fingerprint density at radius 1 is 0.870 bits per heavy atom. The molecule has 4 N–H and O–H groups in total. The van der Waals surface area contributed by atoms with Gasteiger partial charge in [-0.3, -0.25) is 0 Å². The molecule has 23 heavy (non-hydrogen) atoms. The average molecular weight is 357 g/mol. The molecule has 0 unspecified atom stereocenters. The maximum absolute atomic E-state index is 12.4. The van der Waals surface area contributed by atoms with Gasteiger partial charge in [-0.25, -0.2) is 4.79 Å². The summed E-state index contributed by atoms with van der Waals surface area (Å²) in [5, 5.41) is 0.441. The molecular weight excluding hydrogens is 343 g/mol. The molecule has 0 fully saturated rings. The Bertz CT molecular complexity index is 766. The van der Waals surface area contributed by atoms with Crippen molar-refractivity contribution in [3.8, 4) is 17.2 Å². The highest BCUT2D eigenvalue weighted by Gasteiger charge is 2.19. The number of rotatable bonds is 4. The van der Waals surface area contributed by atoms with Crippen molar-refractivity contribution in [3.63, 3.8) is 0 Å². The van der Waals surface area contributed by atoms with E-state index in [9.17, 15) is 4.79 Å². The van der Waals surface area contributed by atoms with E-state index in [4.69, 9.17) is 48.9 Å². The number of hydrogen-bond acceptors (Lipinski definition) is 6. The fraction of sp³-hybridized carbons (Fsp3) is 0.133. The van der Waals surface area contributed by atoms with E-state index in [1.165, 1.54) is 38.5 Å². The quantitative estimate of drug-likeness (QED) is 0.495. The lowest BCUT2D eigenvalue weighted by Gasteiger charge is -2.13. The molecule has 8 heteroatoms. The molecule has 2 aromatic rings. The maximum atomic E-state index is 12.4. The second kappa shape index (κ2) is 6.85. The van der Waals surface area contributed by atoms with Crippen LogP contribution in [0.15, 0.2) is 24.3 Å². The van der Waals surface area contributed by atoms with Gasteiger partial charge >= 0.3 is 5.97 Å². The predicted octanol–water partition coefficient (Wildman–Crippen LogP) is 3.39. The Kier molecular flexibility index (Phi) is 5.08. The molecular formula is C15H14Cl2N2O4. The summed E-state index contributed by atoms with van der Waals surface area (Å²) in [7, 11) is 2.82. The number of nitrogen functional groups attached to an aromatic ring is 2. The molecule has 0 aliphatic carbocycles. The van der Waals surface area contributed by atoms with Crippen LogP contribution in [0.3, 0.4) is 0 Å². The SMILES string of the molecule is COc1cc(N)c(Cl)cc1OC(=O)c1cc(Cl)c(N)cc1OC. The van der Waals surface area contributed by atoms with E-state index in [0.717, 1.165) is 0 Å². The first-order valence-corrected chi connectivity index (χ1v) is 7.11. The Hall–Kier alpha value is -2.31. The van der Waals surface area contributed by atoms with Gasteiger partial charge in [0.25, 0.3) is 0 Å². The largest absolute Gasteiger partial charge is 0.496 e. The highest BCUT2D eigenvalue weighted by molar-refractivity contribution is 6.33. The third-order valence-electron chi connectivity index (χ3n) is 3.02. The number of hydrogen-bond donors (Lipinski definition) is 2. The Morgan fingerprint density at radius 2 is 1.39 bits per heavy atom. The van der Waals surface area contributed by atoms with Crippen molar-refractivity contribution in [1.29, 1.82) is 0 Å². The molecule has 0 radical (unpaired) electrons. The standard InChI is InChI=1S/C15H14Cl2N2O4/c1-21-12-5-10(18)8(16)3-7(12)15(20)23-14-4-9(17)11(19)6-13(14)22-2/h3-6H,18-19H2,1-2H3. The molecule has 2 aromatic carbocycles. The maximum Gasteiger partial charge on any atom is 0.347 e. The third kappa shape index (κ3) is 3.55. The van der Waals surface area contributed by atoms with Crippen molar-refractivity contribution in [2.24, 2.45) is 0 Å². The summed E-state index contributed by atoms with van der Waals surface area (Å²) in [5.41, 5.74) is 12.1. The molecule has 0 aliphatic heterocycles. The molecule has 0 saturated carbocycles. The molecule has 0 amide bonds. The second-order valence-corrected chi connectivity index (χ2v) is 5.30. The summed E-state index contributed by atoms with van der Waals surface area (Å²) in [4.78, 5) is 12.4. The fourth-order valence-corrected chi connectivity index (χ4v) is 2.16. The van der Waals surface area contributed by atoms with Gasteiger partial charge in [-0.2, -0.15) is 0 Å². The molecule has 0 aromatic heterocycles. The van der Waals surface area contributed by atoms with Crippen LogP contribution in [0.4, 0.5) is 11.4 Å². The smallest absolute Gasteiger partial charge is 0.347 e. The number of esters is 1. The molecule has 122 valence electrons. The van der Waals surface area contributed by atoms with Gasteiger partial charge in [0.05, 0.1) is 35.6 Å². The monoisotopic (exact) mass is 356 g/mol. The molecule has 0 saturated heterocycles. The van der Waals surface area contributed by atoms with Gasteiger partial charge in [0.15, 0.2) is 11.5 Å². The lowest BCUT2D eigenvalue weighted by atomic mass is 10.2. The molecule has 2 rings (SSSR count).